The van der Waals surface area contributed by atoms with Crippen molar-refractivity contribution in [2.75, 3.05) is 20.6 Å². The highest BCUT2D eigenvalue weighted by atomic mass is 35.5. The molecule has 1 aliphatic heterocycles. The van der Waals surface area contributed by atoms with Gasteiger partial charge in [0.15, 0.2) is 0 Å². The molecule has 0 saturated heterocycles. The zero-order valence-corrected chi connectivity index (χ0v) is 14.9. The minimum Gasteiger partial charge on any atom is -0.405 e. The second-order valence-corrected chi connectivity index (χ2v) is 7.50. The van der Waals surface area contributed by atoms with Crippen molar-refractivity contribution < 1.29 is 0 Å². The standard InChI is InChI=1S/C18H20ClN3S/c1-21-16(7-8-20)13-6-4-3-5-12(13)15-10-22(2)11-17-14(15)9-18(19)23-17/h3-9,15H,10-11,20H2,1-2H3/b8-7-,21-16?. The summed E-state index contributed by atoms with van der Waals surface area (Å²) in [5, 5.41) is 0. The Morgan fingerprint density at radius 2 is 2.17 bits per heavy atom. The summed E-state index contributed by atoms with van der Waals surface area (Å²) in [6.45, 7) is 1.93. The number of likely N-dealkylation sites (N-methyl/N-ethyl adjacent to an activating group) is 1. The molecule has 1 aromatic carbocycles. The molecule has 1 unspecified atom stereocenters. The monoisotopic (exact) mass is 345 g/mol. The van der Waals surface area contributed by atoms with Gasteiger partial charge in [0.25, 0.3) is 0 Å². The summed E-state index contributed by atoms with van der Waals surface area (Å²) in [6, 6.07) is 10.5. The van der Waals surface area contributed by atoms with E-state index in [1.54, 1.807) is 24.6 Å². The van der Waals surface area contributed by atoms with E-state index in [0.29, 0.717) is 5.92 Å². The van der Waals surface area contributed by atoms with Crippen LogP contribution in [0.1, 0.15) is 27.5 Å². The van der Waals surface area contributed by atoms with Crippen LogP contribution in [-0.4, -0.2) is 31.3 Å². The molecule has 2 heterocycles. The van der Waals surface area contributed by atoms with Gasteiger partial charge in [-0.2, -0.15) is 0 Å². The van der Waals surface area contributed by atoms with Gasteiger partial charge in [0.2, 0.25) is 0 Å². The van der Waals surface area contributed by atoms with Gasteiger partial charge in [-0.25, -0.2) is 0 Å². The lowest BCUT2D eigenvalue weighted by Gasteiger charge is -2.31. The minimum absolute atomic E-state index is 0.298. The first kappa shape index (κ1) is 16.2. The Balaban J connectivity index is 2.13. The average Bonchev–Trinajstić information content (AvgIpc) is 2.92. The van der Waals surface area contributed by atoms with Crippen LogP contribution in [0.3, 0.4) is 0 Å². The molecular formula is C18H20ClN3S. The maximum Gasteiger partial charge on any atom is 0.0934 e. The molecule has 1 aliphatic rings. The maximum atomic E-state index is 6.28. The lowest BCUT2D eigenvalue weighted by Crippen LogP contribution is -2.30. The number of allylic oxidation sites excluding steroid dienone is 1. The lowest BCUT2D eigenvalue weighted by atomic mass is 9.84. The van der Waals surface area contributed by atoms with Crippen molar-refractivity contribution in [2.24, 2.45) is 10.7 Å². The largest absolute Gasteiger partial charge is 0.405 e. The molecule has 0 bridgehead atoms. The summed E-state index contributed by atoms with van der Waals surface area (Å²) in [5.74, 6) is 0.298. The van der Waals surface area contributed by atoms with E-state index >= 15 is 0 Å². The Bertz CT molecular complexity index is 763. The van der Waals surface area contributed by atoms with Crippen molar-refractivity contribution >= 4 is 28.6 Å². The smallest absolute Gasteiger partial charge is 0.0934 e. The van der Waals surface area contributed by atoms with Crippen LogP contribution in [0.15, 0.2) is 47.6 Å². The van der Waals surface area contributed by atoms with E-state index in [-0.39, 0.29) is 0 Å². The quantitative estimate of drug-likeness (QED) is 0.858. The Kier molecular flexibility index (Phi) is 4.85. The molecule has 120 valence electrons. The van der Waals surface area contributed by atoms with Gasteiger partial charge in [-0.3, -0.25) is 4.99 Å². The van der Waals surface area contributed by atoms with Crippen molar-refractivity contribution in [1.82, 2.24) is 4.90 Å². The van der Waals surface area contributed by atoms with E-state index in [0.717, 1.165) is 28.7 Å². The number of thiophene rings is 1. The highest BCUT2D eigenvalue weighted by Gasteiger charge is 2.28. The number of halogens is 1. The van der Waals surface area contributed by atoms with Gasteiger partial charge in [0.05, 0.1) is 10.0 Å². The molecule has 0 amide bonds. The molecule has 0 aliphatic carbocycles. The number of nitrogens with two attached hydrogens (primary N) is 1. The van der Waals surface area contributed by atoms with Crippen LogP contribution in [0, 0.1) is 0 Å². The molecule has 0 saturated carbocycles. The van der Waals surface area contributed by atoms with Crippen LogP contribution in [-0.2, 0) is 6.54 Å². The molecule has 0 fully saturated rings. The van der Waals surface area contributed by atoms with Gasteiger partial charge >= 0.3 is 0 Å². The first-order valence-electron chi connectivity index (χ1n) is 7.55. The van der Waals surface area contributed by atoms with E-state index in [4.69, 9.17) is 17.3 Å². The van der Waals surface area contributed by atoms with Crippen LogP contribution in [0.4, 0.5) is 0 Å². The van der Waals surface area contributed by atoms with E-state index in [1.807, 2.05) is 12.1 Å². The maximum absolute atomic E-state index is 6.28. The molecular weight excluding hydrogens is 326 g/mol. The second-order valence-electron chi connectivity index (χ2n) is 5.73. The molecule has 0 radical (unpaired) electrons. The van der Waals surface area contributed by atoms with Gasteiger partial charge in [-0.1, -0.05) is 35.9 Å². The van der Waals surface area contributed by atoms with Crippen molar-refractivity contribution in [1.29, 1.82) is 0 Å². The number of aliphatic imine (C=N–C) groups is 1. The number of hydrogen-bond acceptors (Lipinski definition) is 4. The van der Waals surface area contributed by atoms with E-state index < -0.39 is 0 Å². The van der Waals surface area contributed by atoms with Gasteiger partial charge in [-0.05, 0) is 36.5 Å². The Labute approximate surface area is 146 Å². The predicted molar refractivity (Wildman–Crippen MR) is 99.7 cm³/mol. The summed E-state index contributed by atoms with van der Waals surface area (Å²) < 4.78 is 0.860. The van der Waals surface area contributed by atoms with E-state index in [9.17, 15) is 0 Å². The van der Waals surface area contributed by atoms with Crippen LogP contribution in [0.25, 0.3) is 0 Å². The Hall–Kier alpha value is -1.62. The third-order valence-corrected chi connectivity index (χ3v) is 5.47. The van der Waals surface area contributed by atoms with Crippen LogP contribution >= 0.6 is 22.9 Å². The number of nitrogens with zero attached hydrogens (tertiary/aromatic N) is 2. The Morgan fingerprint density at radius 3 is 2.91 bits per heavy atom. The zero-order valence-electron chi connectivity index (χ0n) is 13.3. The van der Waals surface area contributed by atoms with Gasteiger partial charge in [0, 0.05) is 36.5 Å². The molecule has 0 spiro atoms. The van der Waals surface area contributed by atoms with Gasteiger partial charge in [0.1, 0.15) is 0 Å². The number of hydrogen-bond donors (Lipinski definition) is 1. The van der Waals surface area contributed by atoms with Crippen molar-refractivity contribution in [3.05, 3.63) is 68.5 Å². The number of benzene rings is 1. The van der Waals surface area contributed by atoms with E-state index in [1.165, 1.54) is 16.0 Å². The fourth-order valence-electron chi connectivity index (χ4n) is 3.22. The molecule has 2 N–H and O–H groups in total. The summed E-state index contributed by atoms with van der Waals surface area (Å²) in [5.41, 5.74) is 10.2. The first-order chi connectivity index (χ1) is 11.1. The zero-order chi connectivity index (χ0) is 16.4. The molecule has 23 heavy (non-hydrogen) atoms. The van der Waals surface area contributed by atoms with E-state index in [2.05, 4.69) is 41.2 Å². The predicted octanol–water partition coefficient (Wildman–Crippen LogP) is 3.87. The summed E-state index contributed by atoms with van der Waals surface area (Å²) >= 11 is 7.96. The molecule has 1 atom stereocenters. The number of rotatable bonds is 3. The normalized spacial score (nSPS) is 19.3. The van der Waals surface area contributed by atoms with Crippen LogP contribution in [0.2, 0.25) is 4.34 Å². The highest BCUT2D eigenvalue weighted by Crippen LogP contribution is 2.40. The second kappa shape index (κ2) is 6.87. The average molecular weight is 346 g/mol. The van der Waals surface area contributed by atoms with Crippen molar-refractivity contribution in [3.63, 3.8) is 0 Å². The first-order valence-corrected chi connectivity index (χ1v) is 8.74. The van der Waals surface area contributed by atoms with Crippen molar-refractivity contribution in [2.45, 2.75) is 12.5 Å². The number of fused-ring (bicyclic) bond motifs is 1. The third-order valence-electron chi connectivity index (χ3n) is 4.20. The molecule has 3 nitrogen and oxygen atoms in total. The summed E-state index contributed by atoms with van der Waals surface area (Å²) in [6.07, 6.45) is 3.39. The molecule has 3 rings (SSSR count). The van der Waals surface area contributed by atoms with Crippen LogP contribution < -0.4 is 5.73 Å². The highest BCUT2D eigenvalue weighted by molar-refractivity contribution is 7.16. The molecule has 2 aromatic rings. The van der Waals surface area contributed by atoms with Crippen molar-refractivity contribution in [3.8, 4) is 0 Å². The fraction of sp³-hybridized carbons (Fsp3) is 0.278. The van der Waals surface area contributed by atoms with Gasteiger partial charge < -0.3 is 10.6 Å². The SMILES string of the molecule is CN=C(/C=C\N)c1ccccc1C1CN(C)Cc2sc(Cl)cc21. The molecule has 5 heteroatoms. The third kappa shape index (κ3) is 3.20. The summed E-state index contributed by atoms with van der Waals surface area (Å²) in [4.78, 5) is 8.10. The molecule has 1 aromatic heterocycles. The topological polar surface area (TPSA) is 41.6 Å². The summed E-state index contributed by atoms with van der Waals surface area (Å²) in [7, 11) is 3.95. The van der Waals surface area contributed by atoms with Crippen LogP contribution in [0.5, 0.6) is 0 Å². The lowest BCUT2D eigenvalue weighted by molar-refractivity contribution is 0.299. The van der Waals surface area contributed by atoms with Gasteiger partial charge in [-0.15, -0.1) is 11.3 Å². The minimum atomic E-state index is 0.298. The Morgan fingerprint density at radius 1 is 1.39 bits per heavy atom. The fourth-order valence-corrected chi connectivity index (χ4v) is 4.65.